The zero-order chi connectivity index (χ0) is 10.6. The third-order valence-corrected chi connectivity index (χ3v) is 2.91. The second kappa shape index (κ2) is 5.34. The van der Waals surface area contributed by atoms with Crippen LogP contribution in [0.5, 0.6) is 5.75 Å². The minimum absolute atomic E-state index is 0.107. The van der Waals surface area contributed by atoms with E-state index in [1.165, 1.54) is 0 Å². The smallest absolute Gasteiger partial charge is 0.127 e. The molecule has 0 heterocycles. The molecule has 0 fully saturated rings. The molecular formula is C11H13IO2. The van der Waals surface area contributed by atoms with Gasteiger partial charge in [0, 0.05) is 15.1 Å². The van der Waals surface area contributed by atoms with Crippen molar-refractivity contribution in [3.8, 4) is 5.75 Å². The highest BCUT2D eigenvalue weighted by Crippen LogP contribution is 2.30. The lowest BCUT2D eigenvalue weighted by Gasteiger charge is -2.13. The number of carbonyl (C=O) groups is 1. The molecular weight excluding hydrogens is 291 g/mol. The monoisotopic (exact) mass is 304 g/mol. The number of rotatable bonds is 4. The van der Waals surface area contributed by atoms with E-state index in [-0.39, 0.29) is 5.92 Å². The highest BCUT2D eigenvalue weighted by Gasteiger charge is 2.13. The topological polar surface area (TPSA) is 26.3 Å². The van der Waals surface area contributed by atoms with Crippen molar-refractivity contribution in [3.63, 3.8) is 0 Å². The summed E-state index contributed by atoms with van der Waals surface area (Å²) in [6, 6.07) is 5.83. The molecule has 1 atom stereocenters. The molecule has 0 saturated heterocycles. The van der Waals surface area contributed by atoms with Crippen LogP contribution in [0.25, 0.3) is 0 Å². The summed E-state index contributed by atoms with van der Waals surface area (Å²) in [5.74, 6) is 0.712. The van der Waals surface area contributed by atoms with Crippen molar-refractivity contribution in [2.75, 3.05) is 6.61 Å². The number of benzene rings is 1. The minimum atomic E-state index is -0.107. The lowest BCUT2D eigenvalue weighted by atomic mass is 10.0. The van der Waals surface area contributed by atoms with E-state index in [9.17, 15) is 4.79 Å². The molecule has 0 saturated carbocycles. The predicted octanol–water partition coefficient (Wildman–Crippen LogP) is 2.99. The lowest BCUT2D eigenvalue weighted by molar-refractivity contribution is -0.108. The average molecular weight is 304 g/mol. The molecule has 0 N–H and O–H groups in total. The fourth-order valence-electron chi connectivity index (χ4n) is 1.31. The molecule has 14 heavy (non-hydrogen) atoms. The molecule has 1 aromatic carbocycles. The normalized spacial score (nSPS) is 12.2. The molecule has 0 amide bonds. The van der Waals surface area contributed by atoms with E-state index in [4.69, 9.17) is 4.74 Å². The van der Waals surface area contributed by atoms with E-state index in [1.807, 2.05) is 32.0 Å². The number of ether oxygens (including phenoxy) is 1. The van der Waals surface area contributed by atoms with Crippen LogP contribution in [0.2, 0.25) is 0 Å². The molecule has 0 aliphatic heterocycles. The first kappa shape index (κ1) is 11.5. The molecule has 2 nitrogen and oxygen atoms in total. The van der Waals surface area contributed by atoms with E-state index in [0.29, 0.717) is 6.61 Å². The Hall–Kier alpha value is -0.580. The van der Waals surface area contributed by atoms with Crippen molar-refractivity contribution < 1.29 is 9.53 Å². The second-order valence-corrected chi connectivity index (χ2v) is 4.17. The van der Waals surface area contributed by atoms with E-state index >= 15 is 0 Å². The van der Waals surface area contributed by atoms with Crippen LogP contribution >= 0.6 is 22.6 Å². The van der Waals surface area contributed by atoms with Gasteiger partial charge in [-0.3, -0.25) is 0 Å². The van der Waals surface area contributed by atoms with Crippen LogP contribution in [0.4, 0.5) is 0 Å². The number of hydrogen-bond acceptors (Lipinski definition) is 2. The number of halogens is 1. The van der Waals surface area contributed by atoms with Gasteiger partial charge in [-0.25, -0.2) is 0 Å². The van der Waals surface area contributed by atoms with Crippen LogP contribution in [0, 0.1) is 3.57 Å². The van der Waals surface area contributed by atoms with Gasteiger partial charge in [-0.15, -0.1) is 0 Å². The zero-order valence-electron chi connectivity index (χ0n) is 8.29. The van der Waals surface area contributed by atoms with Crippen LogP contribution in [0.15, 0.2) is 18.2 Å². The van der Waals surface area contributed by atoms with E-state index in [2.05, 4.69) is 22.6 Å². The van der Waals surface area contributed by atoms with Gasteiger partial charge < -0.3 is 9.53 Å². The Labute approximate surface area is 97.8 Å². The number of hydrogen-bond donors (Lipinski definition) is 0. The van der Waals surface area contributed by atoms with Crippen molar-refractivity contribution in [2.45, 2.75) is 19.8 Å². The van der Waals surface area contributed by atoms with Gasteiger partial charge in [-0.1, -0.05) is 13.0 Å². The Morgan fingerprint density at radius 1 is 1.57 bits per heavy atom. The molecule has 76 valence electrons. The number of aldehydes is 1. The SMILES string of the molecule is CCOc1cccc(I)c1C(C)C=O. The van der Waals surface area contributed by atoms with Gasteiger partial charge in [0.2, 0.25) is 0 Å². The quantitative estimate of drug-likeness (QED) is 0.631. The summed E-state index contributed by atoms with van der Waals surface area (Å²) in [6.45, 7) is 4.45. The van der Waals surface area contributed by atoms with Crippen molar-refractivity contribution in [1.82, 2.24) is 0 Å². The largest absolute Gasteiger partial charge is 0.494 e. The van der Waals surface area contributed by atoms with Crippen LogP contribution in [0.3, 0.4) is 0 Å². The van der Waals surface area contributed by atoms with Gasteiger partial charge in [0.25, 0.3) is 0 Å². The molecule has 1 aromatic rings. The molecule has 0 radical (unpaired) electrons. The summed E-state index contributed by atoms with van der Waals surface area (Å²) in [5.41, 5.74) is 0.991. The van der Waals surface area contributed by atoms with Gasteiger partial charge >= 0.3 is 0 Å². The van der Waals surface area contributed by atoms with Crippen molar-refractivity contribution in [3.05, 3.63) is 27.3 Å². The molecule has 0 aliphatic rings. The molecule has 1 rings (SSSR count). The first-order chi connectivity index (χ1) is 6.70. The van der Waals surface area contributed by atoms with Gasteiger partial charge in [-0.05, 0) is 41.6 Å². The van der Waals surface area contributed by atoms with Crippen molar-refractivity contribution >= 4 is 28.9 Å². The Balaban J connectivity index is 3.14. The molecule has 0 spiro atoms. The first-order valence-corrected chi connectivity index (χ1v) is 5.65. The molecule has 3 heteroatoms. The first-order valence-electron chi connectivity index (χ1n) is 4.57. The third kappa shape index (κ3) is 2.47. The maximum atomic E-state index is 10.8. The summed E-state index contributed by atoms with van der Waals surface area (Å²) in [6.07, 6.45) is 0.944. The lowest BCUT2D eigenvalue weighted by Crippen LogP contribution is -2.03. The van der Waals surface area contributed by atoms with Gasteiger partial charge in [0.05, 0.1) is 6.61 Å². The minimum Gasteiger partial charge on any atom is -0.494 e. The number of carbonyl (C=O) groups excluding carboxylic acids is 1. The van der Waals surface area contributed by atoms with Gasteiger partial charge in [-0.2, -0.15) is 0 Å². The Bertz CT molecular complexity index is 323. The Morgan fingerprint density at radius 3 is 2.86 bits per heavy atom. The highest BCUT2D eigenvalue weighted by atomic mass is 127. The zero-order valence-corrected chi connectivity index (χ0v) is 10.4. The summed E-state index contributed by atoms with van der Waals surface area (Å²) >= 11 is 2.23. The van der Waals surface area contributed by atoms with Crippen molar-refractivity contribution in [1.29, 1.82) is 0 Å². The molecule has 1 unspecified atom stereocenters. The average Bonchev–Trinajstić information content (AvgIpc) is 2.18. The summed E-state index contributed by atoms with van der Waals surface area (Å²) in [4.78, 5) is 10.8. The van der Waals surface area contributed by atoms with Crippen molar-refractivity contribution in [2.24, 2.45) is 0 Å². The molecule has 0 aromatic heterocycles. The van der Waals surface area contributed by atoms with E-state index in [1.54, 1.807) is 0 Å². The molecule has 0 aliphatic carbocycles. The van der Waals surface area contributed by atoms with Crippen LogP contribution < -0.4 is 4.74 Å². The van der Waals surface area contributed by atoms with Crippen LogP contribution in [-0.2, 0) is 4.79 Å². The summed E-state index contributed by atoms with van der Waals surface area (Å²) in [5, 5.41) is 0. The van der Waals surface area contributed by atoms with Gasteiger partial charge in [0.15, 0.2) is 0 Å². The maximum absolute atomic E-state index is 10.8. The summed E-state index contributed by atoms with van der Waals surface area (Å²) < 4.78 is 6.55. The standard InChI is InChI=1S/C11H13IO2/c1-3-14-10-6-4-5-9(12)11(10)8(2)7-13/h4-8H,3H2,1-2H3. The third-order valence-electron chi connectivity index (χ3n) is 1.97. The summed E-state index contributed by atoms with van der Waals surface area (Å²) in [7, 11) is 0. The second-order valence-electron chi connectivity index (χ2n) is 3.01. The fraction of sp³-hybridized carbons (Fsp3) is 0.364. The van der Waals surface area contributed by atoms with Crippen LogP contribution in [-0.4, -0.2) is 12.9 Å². The Morgan fingerprint density at radius 2 is 2.29 bits per heavy atom. The Kier molecular flexibility index (Phi) is 4.38. The van der Waals surface area contributed by atoms with Crippen LogP contribution in [0.1, 0.15) is 25.3 Å². The van der Waals surface area contributed by atoms with E-state index < -0.39 is 0 Å². The predicted molar refractivity (Wildman–Crippen MR) is 64.8 cm³/mol. The van der Waals surface area contributed by atoms with E-state index in [0.717, 1.165) is 21.2 Å². The van der Waals surface area contributed by atoms with Gasteiger partial charge in [0.1, 0.15) is 12.0 Å². The maximum Gasteiger partial charge on any atom is 0.127 e. The highest BCUT2D eigenvalue weighted by molar-refractivity contribution is 14.1. The fourth-order valence-corrected chi connectivity index (χ4v) is 2.27. The molecule has 0 bridgehead atoms.